The zero-order valence-corrected chi connectivity index (χ0v) is 11.6. The summed E-state index contributed by atoms with van der Waals surface area (Å²) in [6.07, 6.45) is 2.13. The maximum atomic E-state index is 12.2. The van der Waals surface area contributed by atoms with Gasteiger partial charge in [0.2, 0.25) is 5.91 Å². The second kappa shape index (κ2) is 6.14. The third-order valence-electron chi connectivity index (χ3n) is 3.12. The van der Waals surface area contributed by atoms with Crippen LogP contribution in [0.25, 0.3) is 0 Å². The molecule has 1 heterocycles. The van der Waals surface area contributed by atoms with Crippen molar-refractivity contribution in [2.45, 2.75) is 19.9 Å². The van der Waals surface area contributed by atoms with Crippen molar-refractivity contribution >= 4 is 11.6 Å². The molecule has 0 N–H and O–H groups in total. The number of hydrogen-bond donors (Lipinski definition) is 0. The van der Waals surface area contributed by atoms with Crippen LogP contribution in [0, 0.1) is 0 Å². The SMILES string of the molecule is CCc1cc(=O)n(CC(=O)N(C)c2ccccc2)cn1. The van der Waals surface area contributed by atoms with Crippen molar-refractivity contribution in [3.05, 3.63) is 58.8 Å². The second-order valence-corrected chi connectivity index (χ2v) is 4.49. The van der Waals surface area contributed by atoms with Crippen LogP contribution in [0.15, 0.2) is 47.5 Å². The van der Waals surface area contributed by atoms with E-state index in [2.05, 4.69) is 4.98 Å². The Kier molecular flexibility index (Phi) is 4.30. The number of carbonyl (C=O) groups excluding carboxylic acids is 1. The Morgan fingerprint density at radius 1 is 1.30 bits per heavy atom. The Hall–Kier alpha value is -2.43. The third kappa shape index (κ3) is 3.12. The van der Waals surface area contributed by atoms with E-state index in [1.54, 1.807) is 7.05 Å². The van der Waals surface area contributed by atoms with Gasteiger partial charge in [0.05, 0.1) is 6.33 Å². The average molecular weight is 271 g/mol. The highest BCUT2D eigenvalue weighted by molar-refractivity contribution is 5.92. The number of para-hydroxylation sites is 1. The quantitative estimate of drug-likeness (QED) is 0.846. The maximum Gasteiger partial charge on any atom is 0.253 e. The van der Waals surface area contributed by atoms with Crippen LogP contribution < -0.4 is 10.5 Å². The van der Waals surface area contributed by atoms with E-state index >= 15 is 0 Å². The molecular weight excluding hydrogens is 254 g/mol. The molecule has 0 spiro atoms. The molecule has 1 aromatic carbocycles. The molecular formula is C15H17N3O2. The fraction of sp³-hybridized carbons (Fsp3) is 0.267. The van der Waals surface area contributed by atoms with Crippen LogP contribution in [-0.4, -0.2) is 22.5 Å². The van der Waals surface area contributed by atoms with Gasteiger partial charge in [-0.2, -0.15) is 0 Å². The van der Waals surface area contributed by atoms with Crippen LogP contribution >= 0.6 is 0 Å². The molecule has 2 aromatic rings. The second-order valence-electron chi connectivity index (χ2n) is 4.49. The zero-order chi connectivity index (χ0) is 14.5. The van der Waals surface area contributed by atoms with Crippen molar-refractivity contribution in [1.29, 1.82) is 0 Å². The molecule has 0 atom stereocenters. The van der Waals surface area contributed by atoms with Gasteiger partial charge in [0.15, 0.2) is 0 Å². The summed E-state index contributed by atoms with van der Waals surface area (Å²) in [5.74, 6) is -0.163. The molecule has 1 amide bonds. The first-order valence-electron chi connectivity index (χ1n) is 6.48. The van der Waals surface area contributed by atoms with Crippen molar-refractivity contribution in [3.8, 4) is 0 Å². The number of carbonyl (C=O) groups is 1. The van der Waals surface area contributed by atoms with Crippen LogP contribution in [0.1, 0.15) is 12.6 Å². The number of rotatable bonds is 4. The summed E-state index contributed by atoms with van der Waals surface area (Å²) in [5, 5.41) is 0. The fourth-order valence-corrected chi connectivity index (χ4v) is 1.82. The van der Waals surface area contributed by atoms with E-state index in [-0.39, 0.29) is 18.0 Å². The molecule has 1 aromatic heterocycles. The number of amides is 1. The van der Waals surface area contributed by atoms with Gasteiger partial charge in [0.25, 0.3) is 5.56 Å². The molecule has 0 aliphatic heterocycles. The van der Waals surface area contributed by atoms with E-state index in [1.807, 2.05) is 37.3 Å². The molecule has 5 heteroatoms. The van der Waals surface area contributed by atoms with Crippen LogP contribution in [-0.2, 0) is 17.8 Å². The van der Waals surface area contributed by atoms with Gasteiger partial charge in [-0.1, -0.05) is 25.1 Å². The Balaban J connectivity index is 2.14. The predicted octanol–water partition coefficient (Wildman–Crippen LogP) is 1.47. The Bertz CT molecular complexity index is 650. The molecule has 0 aliphatic rings. The van der Waals surface area contributed by atoms with E-state index < -0.39 is 0 Å². The van der Waals surface area contributed by atoms with E-state index in [9.17, 15) is 9.59 Å². The number of aryl methyl sites for hydroxylation is 1. The van der Waals surface area contributed by atoms with Crippen molar-refractivity contribution < 1.29 is 4.79 Å². The van der Waals surface area contributed by atoms with E-state index in [0.717, 1.165) is 11.4 Å². The molecule has 104 valence electrons. The molecule has 0 radical (unpaired) electrons. The van der Waals surface area contributed by atoms with Gasteiger partial charge in [-0.05, 0) is 18.6 Å². The van der Waals surface area contributed by atoms with Crippen molar-refractivity contribution in [2.75, 3.05) is 11.9 Å². The highest BCUT2D eigenvalue weighted by atomic mass is 16.2. The number of nitrogens with zero attached hydrogens (tertiary/aromatic N) is 3. The maximum absolute atomic E-state index is 12.2. The monoisotopic (exact) mass is 271 g/mol. The first-order chi connectivity index (χ1) is 9.61. The van der Waals surface area contributed by atoms with Crippen molar-refractivity contribution in [3.63, 3.8) is 0 Å². The molecule has 0 bridgehead atoms. The van der Waals surface area contributed by atoms with Gasteiger partial charge in [-0.15, -0.1) is 0 Å². The Morgan fingerprint density at radius 3 is 2.60 bits per heavy atom. The lowest BCUT2D eigenvalue weighted by atomic mass is 10.3. The predicted molar refractivity (Wildman–Crippen MR) is 77.7 cm³/mol. The number of anilines is 1. The van der Waals surface area contributed by atoms with E-state index in [1.165, 1.54) is 21.9 Å². The van der Waals surface area contributed by atoms with Gasteiger partial charge in [0.1, 0.15) is 6.54 Å². The van der Waals surface area contributed by atoms with Crippen molar-refractivity contribution in [2.24, 2.45) is 0 Å². The summed E-state index contributed by atoms with van der Waals surface area (Å²) < 4.78 is 1.32. The number of hydrogen-bond acceptors (Lipinski definition) is 3. The summed E-state index contributed by atoms with van der Waals surface area (Å²) in [6, 6.07) is 10.8. The standard InChI is InChI=1S/C15H17N3O2/c1-3-12-9-14(19)18(11-16-12)10-15(20)17(2)13-7-5-4-6-8-13/h4-9,11H,3,10H2,1-2H3. The van der Waals surface area contributed by atoms with Crippen LogP contribution in [0.5, 0.6) is 0 Å². The van der Waals surface area contributed by atoms with Crippen LogP contribution in [0.3, 0.4) is 0 Å². The summed E-state index contributed by atoms with van der Waals surface area (Å²) in [5.41, 5.74) is 1.32. The summed E-state index contributed by atoms with van der Waals surface area (Å²) in [7, 11) is 1.69. The van der Waals surface area contributed by atoms with Gasteiger partial charge in [-0.3, -0.25) is 14.2 Å². The molecule has 0 saturated heterocycles. The van der Waals surface area contributed by atoms with Gasteiger partial charge >= 0.3 is 0 Å². The zero-order valence-electron chi connectivity index (χ0n) is 11.6. The number of likely N-dealkylation sites (N-methyl/N-ethyl adjacent to an activating group) is 1. The number of benzene rings is 1. The van der Waals surface area contributed by atoms with Crippen LogP contribution in [0.4, 0.5) is 5.69 Å². The lowest BCUT2D eigenvalue weighted by molar-refractivity contribution is -0.118. The molecule has 5 nitrogen and oxygen atoms in total. The molecule has 0 aliphatic carbocycles. The highest BCUT2D eigenvalue weighted by Crippen LogP contribution is 2.11. The minimum Gasteiger partial charge on any atom is -0.314 e. The normalized spacial score (nSPS) is 10.3. The molecule has 20 heavy (non-hydrogen) atoms. The highest BCUT2D eigenvalue weighted by Gasteiger charge is 2.12. The smallest absolute Gasteiger partial charge is 0.253 e. The minimum absolute atomic E-state index is 0.0127. The largest absolute Gasteiger partial charge is 0.314 e. The molecule has 0 unspecified atom stereocenters. The summed E-state index contributed by atoms with van der Waals surface area (Å²) in [4.78, 5) is 29.7. The molecule has 0 fully saturated rings. The Labute approximate surface area is 117 Å². The van der Waals surface area contributed by atoms with Gasteiger partial charge in [-0.25, -0.2) is 4.98 Å². The molecule has 0 saturated carbocycles. The topological polar surface area (TPSA) is 55.2 Å². The summed E-state index contributed by atoms with van der Waals surface area (Å²) >= 11 is 0. The lowest BCUT2D eigenvalue weighted by Crippen LogP contribution is -2.34. The lowest BCUT2D eigenvalue weighted by Gasteiger charge is -2.17. The fourth-order valence-electron chi connectivity index (χ4n) is 1.82. The molecule has 2 rings (SSSR count). The first kappa shape index (κ1) is 14.0. The Morgan fingerprint density at radius 2 is 2.00 bits per heavy atom. The van der Waals surface area contributed by atoms with Gasteiger partial charge < -0.3 is 4.90 Å². The third-order valence-corrected chi connectivity index (χ3v) is 3.12. The minimum atomic E-state index is -0.202. The first-order valence-corrected chi connectivity index (χ1v) is 6.48. The average Bonchev–Trinajstić information content (AvgIpc) is 2.49. The van der Waals surface area contributed by atoms with E-state index in [0.29, 0.717) is 6.42 Å². The summed E-state index contributed by atoms with van der Waals surface area (Å²) in [6.45, 7) is 1.92. The van der Waals surface area contributed by atoms with E-state index in [4.69, 9.17) is 0 Å². The van der Waals surface area contributed by atoms with Gasteiger partial charge in [0, 0.05) is 24.5 Å². The van der Waals surface area contributed by atoms with Crippen molar-refractivity contribution in [1.82, 2.24) is 9.55 Å². The van der Waals surface area contributed by atoms with Crippen LogP contribution in [0.2, 0.25) is 0 Å². The number of aromatic nitrogens is 2.